The Morgan fingerprint density at radius 3 is 2.76 bits per heavy atom. The molecule has 4 rings (SSSR count). The van der Waals surface area contributed by atoms with Gasteiger partial charge >= 0.3 is 0 Å². The second kappa shape index (κ2) is 6.41. The molecule has 1 saturated carbocycles. The van der Waals surface area contributed by atoms with E-state index in [1.54, 1.807) is 0 Å². The quantitative estimate of drug-likeness (QED) is 0.858. The average Bonchev–Trinajstić information content (AvgIpc) is 3.40. The van der Waals surface area contributed by atoms with E-state index in [2.05, 4.69) is 29.1 Å². The lowest BCUT2D eigenvalue weighted by Crippen LogP contribution is -2.34. The van der Waals surface area contributed by atoms with E-state index in [9.17, 15) is 4.79 Å². The molecular weight excluding hydrogens is 316 g/mol. The summed E-state index contributed by atoms with van der Waals surface area (Å²) in [7, 11) is 4.24. The summed E-state index contributed by atoms with van der Waals surface area (Å²) in [5, 5.41) is 4.82. The van der Waals surface area contributed by atoms with Crippen LogP contribution < -0.4 is 0 Å². The van der Waals surface area contributed by atoms with Gasteiger partial charge in [-0.25, -0.2) is 4.98 Å². The number of carbonyl (C=O) groups excluding carboxylic acids is 1. The Bertz CT molecular complexity index is 794. The van der Waals surface area contributed by atoms with E-state index in [1.807, 2.05) is 17.9 Å². The molecule has 1 amide bonds. The third-order valence-electron chi connectivity index (χ3n) is 5.58. The van der Waals surface area contributed by atoms with Crippen molar-refractivity contribution in [2.75, 3.05) is 27.2 Å². The summed E-state index contributed by atoms with van der Waals surface area (Å²) >= 11 is 0. The number of nitrogens with zero attached hydrogens (tertiary/aromatic N) is 4. The van der Waals surface area contributed by atoms with Gasteiger partial charge in [0.05, 0.1) is 16.6 Å². The Labute approximate surface area is 148 Å². The minimum atomic E-state index is 0.0972. The minimum Gasteiger partial charge on any atom is -0.339 e. The number of rotatable bonds is 3. The summed E-state index contributed by atoms with van der Waals surface area (Å²) in [6.07, 6.45) is 5.50. The first kappa shape index (κ1) is 16.5. The van der Waals surface area contributed by atoms with Gasteiger partial charge in [-0.3, -0.25) is 4.79 Å². The van der Waals surface area contributed by atoms with Crippen molar-refractivity contribution >= 4 is 17.0 Å². The highest BCUT2D eigenvalue weighted by Crippen LogP contribution is 2.40. The Morgan fingerprint density at radius 2 is 2.04 bits per heavy atom. The molecule has 3 heterocycles. The predicted octanol–water partition coefficient (Wildman–Crippen LogP) is 2.96. The summed E-state index contributed by atoms with van der Waals surface area (Å²) in [5.41, 5.74) is 2.95. The van der Waals surface area contributed by atoms with Crippen LogP contribution in [0.3, 0.4) is 0 Å². The van der Waals surface area contributed by atoms with Crippen LogP contribution in [-0.4, -0.2) is 59.1 Å². The van der Waals surface area contributed by atoms with Crippen molar-refractivity contribution in [2.24, 2.45) is 0 Å². The van der Waals surface area contributed by atoms with E-state index in [1.165, 1.54) is 0 Å². The van der Waals surface area contributed by atoms with E-state index in [4.69, 9.17) is 4.52 Å². The molecule has 2 fully saturated rings. The number of carbonyl (C=O) groups is 1. The van der Waals surface area contributed by atoms with E-state index in [-0.39, 0.29) is 5.91 Å². The monoisotopic (exact) mass is 342 g/mol. The van der Waals surface area contributed by atoms with Crippen LogP contribution in [-0.2, 0) is 0 Å². The number of pyridine rings is 1. The SMILES string of the molecule is Cc1noc2nc(C3CC3)cc(C(=O)N3CCCC(N(C)C)CC3)c12. The molecule has 1 aliphatic carbocycles. The summed E-state index contributed by atoms with van der Waals surface area (Å²) in [6, 6.07) is 2.54. The van der Waals surface area contributed by atoms with Gasteiger partial charge in [0, 0.05) is 30.7 Å². The van der Waals surface area contributed by atoms with Crippen molar-refractivity contribution < 1.29 is 9.32 Å². The zero-order chi connectivity index (χ0) is 17.6. The maximum Gasteiger partial charge on any atom is 0.259 e. The highest BCUT2D eigenvalue weighted by molar-refractivity contribution is 6.06. The molecule has 6 nitrogen and oxygen atoms in total. The normalized spacial score (nSPS) is 21.8. The van der Waals surface area contributed by atoms with Gasteiger partial charge in [0.1, 0.15) is 0 Å². The van der Waals surface area contributed by atoms with Gasteiger partial charge in [-0.1, -0.05) is 5.16 Å². The molecule has 25 heavy (non-hydrogen) atoms. The van der Waals surface area contributed by atoms with Crippen molar-refractivity contribution in [3.05, 3.63) is 23.0 Å². The van der Waals surface area contributed by atoms with Gasteiger partial charge < -0.3 is 14.3 Å². The highest BCUT2D eigenvalue weighted by Gasteiger charge is 2.30. The zero-order valence-electron chi connectivity index (χ0n) is 15.3. The van der Waals surface area contributed by atoms with Gasteiger partial charge in [0.25, 0.3) is 11.6 Å². The van der Waals surface area contributed by atoms with Gasteiger partial charge in [-0.15, -0.1) is 0 Å². The molecule has 0 spiro atoms. The Hall–Kier alpha value is -1.95. The first-order valence-electron chi connectivity index (χ1n) is 9.27. The number of likely N-dealkylation sites (tertiary alicyclic amines) is 1. The minimum absolute atomic E-state index is 0.0972. The lowest BCUT2D eigenvalue weighted by molar-refractivity contribution is 0.0760. The number of aromatic nitrogens is 2. The molecule has 1 atom stereocenters. The van der Waals surface area contributed by atoms with E-state index in [0.717, 1.165) is 62.0 Å². The lowest BCUT2D eigenvalue weighted by atomic mass is 10.1. The molecule has 2 aromatic rings. The van der Waals surface area contributed by atoms with Crippen LogP contribution in [0, 0.1) is 6.92 Å². The molecular formula is C19H26N4O2. The third kappa shape index (κ3) is 3.15. The van der Waals surface area contributed by atoms with Crippen molar-refractivity contribution in [1.82, 2.24) is 19.9 Å². The smallest absolute Gasteiger partial charge is 0.259 e. The molecule has 0 bridgehead atoms. The van der Waals surface area contributed by atoms with Crippen LogP contribution >= 0.6 is 0 Å². The Morgan fingerprint density at radius 1 is 1.24 bits per heavy atom. The highest BCUT2D eigenvalue weighted by atomic mass is 16.5. The first-order valence-corrected chi connectivity index (χ1v) is 9.27. The third-order valence-corrected chi connectivity index (χ3v) is 5.58. The van der Waals surface area contributed by atoms with Crippen molar-refractivity contribution in [3.8, 4) is 0 Å². The molecule has 1 aliphatic heterocycles. The van der Waals surface area contributed by atoms with Gasteiger partial charge in [-0.05, 0) is 59.2 Å². The predicted molar refractivity (Wildman–Crippen MR) is 95.7 cm³/mol. The summed E-state index contributed by atoms with van der Waals surface area (Å²) in [5.74, 6) is 0.573. The Balaban J connectivity index is 1.66. The van der Waals surface area contributed by atoms with Crippen LogP contribution in [0.1, 0.15) is 59.8 Å². The van der Waals surface area contributed by atoms with Crippen LogP contribution in [0.4, 0.5) is 0 Å². The fourth-order valence-corrected chi connectivity index (χ4v) is 3.84. The average molecular weight is 342 g/mol. The van der Waals surface area contributed by atoms with Crippen molar-refractivity contribution in [1.29, 1.82) is 0 Å². The van der Waals surface area contributed by atoms with Crippen LogP contribution in [0.15, 0.2) is 10.6 Å². The summed E-state index contributed by atoms with van der Waals surface area (Å²) in [4.78, 5) is 22.2. The first-order chi connectivity index (χ1) is 12.0. The number of hydrogen-bond acceptors (Lipinski definition) is 5. The van der Waals surface area contributed by atoms with Crippen molar-refractivity contribution in [2.45, 2.75) is 51.0 Å². The Kier molecular flexibility index (Phi) is 4.23. The zero-order valence-corrected chi connectivity index (χ0v) is 15.3. The summed E-state index contributed by atoms with van der Waals surface area (Å²) in [6.45, 7) is 3.50. The van der Waals surface area contributed by atoms with Gasteiger partial charge in [-0.2, -0.15) is 0 Å². The van der Waals surface area contributed by atoms with Crippen LogP contribution in [0.25, 0.3) is 11.1 Å². The molecule has 1 saturated heterocycles. The topological polar surface area (TPSA) is 62.5 Å². The second-order valence-corrected chi connectivity index (χ2v) is 7.66. The maximum atomic E-state index is 13.3. The molecule has 2 aliphatic rings. The van der Waals surface area contributed by atoms with Gasteiger partial charge in [0.2, 0.25) is 0 Å². The number of hydrogen-bond donors (Lipinski definition) is 0. The summed E-state index contributed by atoms with van der Waals surface area (Å²) < 4.78 is 5.38. The number of fused-ring (bicyclic) bond motifs is 1. The second-order valence-electron chi connectivity index (χ2n) is 7.66. The number of aryl methyl sites for hydroxylation is 1. The molecule has 0 radical (unpaired) electrons. The lowest BCUT2D eigenvalue weighted by Gasteiger charge is -2.23. The van der Waals surface area contributed by atoms with Crippen LogP contribution in [0.2, 0.25) is 0 Å². The molecule has 134 valence electrons. The maximum absolute atomic E-state index is 13.3. The fourth-order valence-electron chi connectivity index (χ4n) is 3.84. The largest absolute Gasteiger partial charge is 0.339 e. The molecule has 2 aromatic heterocycles. The van der Waals surface area contributed by atoms with E-state index < -0.39 is 0 Å². The van der Waals surface area contributed by atoms with Gasteiger partial charge in [0.15, 0.2) is 0 Å². The fraction of sp³-hybridized carbons (Fsp3) is 0.632. The molecule has 0 aromatic carbocycles. The number of amides is 1. The van der Waals surface area contributed by atoms with E-state index in [0.29, 0.717) is 23.2 Å². The van der Waals surface area contributed by atoms with E-state index >= 15 is 0 Å². The van der Waals surface area contributed by atoms with Crippen molar-refractivity contribution in [3.63, 3.8) is 0 Å². The standard InChI is InChI=1S/C19H26N4O2/c1-12-17-15(11-16(13-6-7-13)20-18(17)25-21-12)19(24)23-9-4-5-14(8-10-23)22(2)3/h11,13-14H,4-10H2,1-3H3. The molecule has 6 heteroatoms. The molecule has 0 N–H and O–H groups in total. The van der Waals surface area contributed by atoms with Crippen LogP contribution in [0.5, 0.6) is 0 Å². The molecule has 1 unspecified atom stereocenters.